The predicted octanol–water partition coefficient (Wildman–Crippen LogP) is 0.0206. The maximum Gasteiger partial charge on any atom is 0.229 e. The fraction of sp³-hybridized carbons (Fsp3) is 0.381. The van der Waals surface area contributed by atoms with Crippen molar-refractivity contribution in [1.29, 1.82) is 0 Å². The van der Waals surface area contributed by atoms with Crippen LogP contribution in [0.5, 0.6) is 34.5 Å². The highest BCUT2D eigenvalue weighted by Gasteiger charge is 2.53. The fourth-order valence-corrected chi connectivity index (χ4v) is 7.99. The molecule has 60 heavy (non-hydrogen) atoms. The molecule has 0 spiro atoms. The van der Waals surface area contributed by atoms with Gasteiger partial charge >= 0.3 is 0 Å². The monoisotopic (exact) mass is 834 g/mol. The van der Waals surface area contributed by atoms with Crippen LogP contribution in [-0.4, -0.2) is 137 Å². The Morgan fingerprint density at radius 1 is 0.483 bits per heavy atom. The summed E-state index contributed by atoms with van der Waals surface area (Å²) in [7, 11) is 0. The topological polar surface area (TPSA) is 292 Å². The Morgan fingerprint density at radius 3 is 1.20 bits per heavy atom. The van der Waals surface area contributed by atoms with Gasteiger partial charge in [-0.25, -0.2) is 0 Å². The Balaban J connectivity index is 1.16. The number of fused-ring (bicyclic) bond motifs is 2. The van der Waals surface area contributed by atoms with Crippen molar-refractivity contribution in [1.82, 2.24) is 0 Å². The summed E-state index contributed by atoms with van der Waals surface area (Å²) in [5.41, 5.74) is 0.872. The Kier molecular flexibility index (Phi) is 11.4. The molecule has 18 heteroatoms. The van der Waals surface area contributed by atoms with Crippen molar-refractivity contribution in [2.45, 2.75) is 73.6 Å². The van der Waals surface area contributed by atoms with Crippen molar-refractivity contribution in [2.24, 2.45) is 11.8 Å². The Labute approximate surface area is 340 Å². The van der Waals surface area contributed by atoms with Gasteiger partial charge in [-0.15, -0.1) is 0 Å². The zero-order valence-corrected chi connectivity index (χ0v) is 31.3. The summed E-state index contributed by atoms with van der Waals surface area (Å²) >= 11 is 0. The van der Waals surface area contributed by atoms with Crippen LogP contribution < -0.4 is 18.9 Å². The van der Waals surface area contributed by atoms with Crippen molar-refractivity contribution in [3.63, 3.8) is 0 Å². The van der Waals surface area contributed by atoms with Gasteiger partial charge in [0.2, 0.25) is 12.6 Å². The lowest BCUT2D eigenvalue weighted by atomic mass is 9.70. The Hall–Kier alpha value is -5.38. The molecule has 0 radical (unpaired) electrons. The van der Waals surface area contributed by atoms with E-state index in [1.165, 1.54) is 84.9 Å². The summed E-state index contributed by atoms with van der Waals surface area (Å²) in [6.45, 7) is -1.36. The number of phenolic OH excluding ortho intramolecular Hbond substituents is 2. The van der Waals surface area contributed by atoms with Gasteiger partial charge in [0.15, 0.2) is 11.6 Å². The average molecular weight is 835 g/mol. The van der Waals surface area contributed by atoms with Crippen LogP contribution in [-0.2, 0) is 9.47 Å². The van der Waals surface area contributed by atoms with E-state index in [2.05, 4.69) is 0 Å². The smallest absolute Gasteiger partial charge is 0.229 e. The van der Waals surface area contributed by atoms with E-state index >= 15 is 0 Å². The molecule has 0 aliphatic carbocycles. The van der Waals surface area contributed by atoms with Gasteiger partial charge in [-0.2, -0.15) is 0 Å². The number of Topliss-reactive ketones (excluding diaryl/α,β-unsaturated/α-hetero) is 2. The van der Waals surface area contributed by atoms with Crippen molar-refractivity contribution < 1.29 is 89.1 Å². The van der Waals surface area contributed by atoms with Crippen LogP contribution in [0.1, 0.15) is 44.1 Å². The SMILES string of the molecule is O=C1c2ccc(OC3OC(CO)C(O)C(O)C3O)cc2OC(c2ccc(O)cc2)C1C1C(=O)c2ccc(OC3OC(CO)C(O)C(O)C3O)cc2OC1c1ccc(O)cc1. The molecular weight excluding hydrogens is 792 g/mol. The first-order valence-corrected chi connectivity index (χ1v) is 19.0. The number of phenols is 2. The van der Waals surface area contributed by atoms with Crippen LogP contribution in [0.2, 0.25) is 0 Å². The summed E-state index contributed by atoms with van der Waals surface area (Å²) in [6.07, 6.45) is -18.0. The molecule has 18 nitrogen and oxygen atoms in total. The van der Waals surface area contributed by atoms with Crippen molar-refractivity contribution in [3.05, 3.63) is 107 Å². The second-order valence-corrected chi connectivity index (χ2v) is 15.0. The van der Waals surface area contributed by atoms with Gasteiger partial charge < -0.3 is 79.5 Å². The molecule has 4 aromatic rings. The summed E-state index contributed by atoms with van der Waals surface area (Å²) < 4.78 is 35.7. The first kappa shape index (κ1) is 41.4. The number of ketones is 2. The summed E-state index contributed by atoms with van der Waals surface area (Å²) in [6, 6.07) is 19.9. The standard InChI is InChI=1S/C42H42O18/c43-15-27-33(49)35(51)37(53)41(59-27)55-21-9-11-23-25(13-21)57-39(17-1-5-19(45)6-2-17)29(31(23)47)30-32(48)24-12-10-22(56-42-38(54)36(52)34(50)28(16-44)60-42)14-26(24)58-40(30)18-3-7-20(46)8-4-18/h1-14,27-30,33-46,49-54H,15-16H2. The van der Waals surface area contributed by atoms with Gasteiger partial charge in [-0.3, -0.25) is 9.59 Å². The first-order chi connectivity index (χ1) is 28.8. The zero-order chi connectivity index (χ0) is 42.6. The van der Waals surface area contributed by atoms with Crippen molar-refractivity contribution in [3.8, 4) is 34.5 Å². The Morgan fingerprint density at radius 2 is 0.850 bits per heavy atom. The molecule has 2 saturated heterocycles. The van der Waals surface area contributed by atoms with Crippen molar-refractivity contribution in [2.75, 3.05) is 13.2 Å². The number of aromatic hydroxyl groups is 2. The third-order valence-corrected chi connectivity index (χ3v) is 11.2. The number of hydrogen-bond acceptors (Lipinski definition) is 18. The largest absolute Gasteiger partial charge is 0.508 e. The number of carbonyl (C=O) groups is 2. The molecule has 8 rings (SSSR count). The van der Waals surface area contributed by atoms with Crippen LogP contribution >= 0.6 is 0 Å². The van der Waals surface area contributed by atoms with E-state index in [0.717, 1.165) is 0 Å². The number of ether oxygens (including phenoxy) is 6. The minimum absolute atomic E-state index is 0.0113. The lowest BCUT2D eigenvalue weighted by Crippen LogP contribution is -2.60. The number of hydrogen-bond donors (Lipinski definition) is 10. The van der Waals surface area contributed by atoms with Crippen LogP contribution in [0, 0.1) is 11.8 Å². The normalized spacial score (nSPS) is 33.8. The highest BCUT2D eigenvalue weighted by atomic mass is 16.7. The van der Waals surface area contributed by atoms with Gasteiger partial charge in [-0.1, -0.05) is 24.3 Å². The predicted molar refractivity (Wildman–Crippen MR) is 200 cm³/mol. The Bertz CT molecular complexity index is 2040. The quantitative estimate of drug-likeness (QED) is 0.106. The molecule has 4 aromatic carbocycles. The van der Waals surface area contributed by atoms with E-state index in [1.807, 2.05) is 0 Å². The van der Waals surface area contributed by atoms with Crippen LogP contribution in [0.3, 0.4) is 0 Å². The minimum atomic E-state index is -1.72. The molecule has 14 atom stereocenters. The van der Waals surface area contributed by atoms with E-state index in [0.29, 0.717) is 11.1 Å². The molecular formula is C42H42O18. The van der Waals surface area contributed by atoms with Crippen LogP contribution in [0.25, 0.3) is 0 Å². The lowest BCUT2D eigenvalue weighted by Gasteiger charge is -2.42. The third-order valence-electron chi connectivity index (χ3n) is 11.2. The summed E-state index contributed by atoms with van der Waals surface area (Å²) in [4.78, 5) is 29.8. The number of benzene rings is 4. The van der Waals surface area contributed by atoms with E-state index in [-0.39, 0.29) is 45.6 Å². The van der Waals surface area contributed by atoms with E-state index in [9.17, 15) is 60.7 Å². The van der Waals surface area contributed by atoms with E-state index in [4.69, 9.17) is 28.4 Å². The summed E-state index contributed by atoms with van der Waals surface area (Å²) in [5, 5.41) is 102. The maximum atomic E-state index is 14.9. The van der Waals surface area contributed by atoms with Crippen molar-refractivity contribution >= 4 is 11.6 Å². The molecule has 0 saturated carbocycles. The van der Waals surface area contributed by atoms with Gasteiger partial charge in [-0.05, 0) is 59.7 Å². The minimum Gasteiger partial charge on any atom is -0.508 e. The van der Waals surface area contributed by atoms with Gasteiger partial charge in [0.1, 0.15) is 95.5 Å². The zero-order valence-electron chi connectivity index (χ0n) is 31.3. The van der Waals surface area contributed by atoms with Gasteiger partial charge in [0, 0.05) is 12.1 Å². The fourth-order valence-electron chi connectivity index (χ4n) is 7.99. The second kappa shape index (κ2) is 16.6. The number of carbonyl (C=O) groups excluding carboxylic acids is 2. The molecule has 318 valence electrons. The molecule has 4 aliphatic rings. The molecule has 4 aliphatic heterocycles. The van der Waals surface area contributed by atoms with E-state index in [1.54, 1.807) is 0 Å². The average Bonchev–Trinajstić information content (AvgIpc) is 3.24. The summed E-state index contributed by atoms with van der Waals surface area (Å²) in [5.74, 6) is -3.75. The highest BCUT2D eigenvalue weighted by molar-refractivity contribution is 6.09. The number of aliphatic hydroxyl groups is 8. The number of rotatable bonds is 9. The molecule has 0 amide bonds. The molecule has 0 aromatic heterocycles. The molecule has 14 unspecified atom stereocenters. The highest BCUT2D eigenvalue weighted by Crippen LogP contribution is 2.51. The van der Waals surface area contributed by atoms with Gasteiger partial charge in [0.25, 0.3) is 0 Å². The molecule has 2 fully saturated rings. The first-order valence-electron chi connectivity index (χ1n) is 19.0. The van der Waals surface area contributed by atoms with Crippen LogP contribution in [0.15, 0.2) is 84.9 Å². The molecule has 10 N–H and O–H groups in total. The maximum absolute atomic E-state index is 14.9. The number of aliphatic hydroxyl groups excluding tert-OH is 8. The van der Waals surface area contributed by atoms with Gasteiger partial charge in [0.05, 0.1) is 36.2 Å². The molecule has 4 heterocycles. The van der Waals surface area contributed by atoms with E-state index < -0.39 is 110 Å². The lowest BCUT2D eigenvalue weighted by molar-refractivity contribution is -0.277. The second-order valence-electron chi connectivity index (χ2n) is 15.0. The molecule has 0 bridgehead atoms. The van der Waals surface area contributed by atoms with Crippen LogP contribution in [0.4, 0.5) is 0 Å². The third kappa shape index (κ3) is 7.51.